The smallest absolute Gasteiger partial charge is 0.266 e. The van der Waals surface area contributed by atoms with Crippen LogP contribution in [0.15, 0.2) is 41.5 Å². The first kappa shape index (κ1) is 16.4. The minimum atomic E-state index is -0.145. The highest BCUT2D eigenvalue weighted by Gasteiger charge is 2.15. The number of aromatic nitrogens is 3. The number of rotatable bonds is 5. The molecule has 1 saturated heterocycles. The second-order valence-corrected chi connectivity index (χ2v) is 6.07. The zero-order valence-electron chi connectivity index (χ0n) is 13.7. The summed E-state index contributed by atoms with van der Waals surface area (Å²) in [6, 6.07) is 6.96. The zero-order valence-corrected chi connectivity index (χ0v) is 13.7. The van der Waals surface area contributed by atoms with Crippen molar-refractivity contribution in [2.24, 2.45) is 0 Å². The summed E-state index contributed by atoms with van der Waals surface area (Å²) in [6.07, 6.45) is 7.91. The summed E-state index contributed by atoms with van der Waals surface area (Å²) in [5.74, 6) is 0.186. The molecule has 126 valence electrons. The Labute approximate surface area is 141 Å². The predicted molar refractivity (Wildman–Crippen MR) is 91.4 cm³/mol. The van der Waals surface area contributed by atoms with Gasteiger partial charge in [-0.05, 0) is 43.9 Å². The SMILES string of the molecule is O=C(CCCn1nc(-c2cccnc2)ccc1=O)N1CCCCC1. The number of pyridine rings is 1. The molecule has 3 heterocycles. The molecular formula is C18H22N4O2. The largest absolute Gasteiger partial charge is 0.343 e. The van der Waals surface area contributed by atoms with Crippen molar-refractivity contribution >= 4 is 5.91 Å². The van der Waals surface area contributed by atoms with E-state index in [1.807, 2.05) is 17.0 Å². The number of amides is 1. The molecule has 6 heteroatoms. The van der Waals surface area contributed by atoms with Crippen LogP contribution < -0.4 is 5.56 Å². The summed E-state index contributed by atoms with van der Waals surface area (Å²) in [4.78, 5) is 30.2. The highest BCUT2D eigenvalue weighted by Crippen LogP contribution is 2.13. The van der Waals surface area contributed by atoms with Crippen molar-refractivity contribution < 1.29 is 4.79 Å². The molecule has 2 aromatic heterocycles. The van der Waals surface area contributed by atoms with Gasteiger partial charge in [-0.3, -0.25) is 14.6 Å². The second kappa shape index (κ2) is 7.86. The Morgan fingerprint density at radius 3 is 2.71 bits per heavy atom. The second-order valence-electron chi connectivity index (χ2n) is 6.07. The summed E-state index contributed by atoms with van der Waals surface area (Å²) >= 11 is 0. The molecule has 1 aliphatic rings. The molecule has 3 rings (SSSR count). The molecule has 0 spiro atoms. The molecule has 0 N–H and O–H groups in total. The van der Waals surface area contributed by atoms with Crippen LogP contribution in [0.1, 0.15) is 32.1 Å². The molecule has 2 aromatic rings. The summed E-state index contributed by atoms with van der Waals surface area (Å²) < 4.78 is 1.44. The third kappa shape index (κ3) is 4.07. The van der Waals surface area contributed by atoms with Crippen LogP contribution in [0.25, 0.3) is 11.3 Å². The summed E-state index contributed by atoms with van der Waals surface area (Å²) in [5.41, 5.74) is 1.44. The van der Waals surface area contributed by atoms with E-state index in [1.54, 1.807) is 18.5 Å². The monoisotopic (exact) mass is 326 g/mol. The maximum absolute atomic E-state index is 12.2. The lowest BCUT2D eigenvalue weighted by molar-refractivity contribution is -0.132. The lowest BCUT2D eigenvalue weighted by Crippen LogP contribution is -2.35. The summed E-state index contributed by atoms with van der Waals surface area (Å²) in [6.45, 7) is 2.19. The Morgan fingerprint density at radius 1 is 1.12 bits per heavy atom. The molecule has 0 atom stereocenters. The average molecular weight is 326 g/mol. The van der Waals surface area contributed by atoms with Crippen LogP contribution in [0.2, 0.25) is 0 Å². The molecule has 24 heavy (non-hydrogen) atoms. The highest BCUT2D eigenvalue weighted by atomic mass is 16.2. The van der Waals surface area contributed by atoms with Crippen LogP contribution >= 0.6 is 0 Å². The van der Waals surface area contributed by atoms with Gasteiger partial charge in [0.25, 0.3) is 5.56 Å². The molecule has 0 saturated carbocycles. The van der Waals surface area contributed by atoms with Crippen molar-refractivity contribution in [2.45, 2.75) is 38.6 Å². The van der Waals surface area contributed by atoms with Gasteiger partial charge in [0.2, 0.25) is 5.91 Å². The number of aryl methyl sites for hydroxylation is 1. The van der Waals surface area contributed by atoms with Gasteiger partial charge in [-0.25, -0.2) is 4.68 Å². The lowest BCUT2D eigenvalue weighted by Gasteiger charge is -2.26. The van der Waals surface area contributed by atoms with E-state index < -0.39 is 0 Å². The Morgan fingerprint density at radius 2 is 1.96 bits per heavy atom. The third-order valence-electron chi connectivity index (χ3n) is 4.29. The van der Waals surface area contributed by atoms with E-state index in [1.165, 1.54) is 17.2 Å². The van der Waals surface area contributed by atoms with Gasteiger partial charge in [-0.15, -0.1) is 0 Å². The maximum Gasteiger partial charge on any atom is 0.266 e. The van der Waals surface area contributed by atoms with E-state index in [0.717, 1.165) is 31.5 Å². The number of hydrogen-bond acceptors (Lipinski definition) is 4. The van der Waals surface area contributed by atoms with Gasteiger partial charge in [0.1, 0.15) is 0 Å². The Kier molecular flexibility index (Phi) is 5.36. The maximum atomic E-state index is 12.2. The van der Waals surface area contributed by atoms with E-state index >= 15 is 0 Å². The number of hydrogen-bond donors (Lipinski definition) is 0. The Hall–Kier alpha value is -2.50. The topological polar surface area (TPSA) is 68.1 Å². The van der Waals surface area contributed by atoms with E-state index in [9.17, 15) is 9.59 Å². The van der Waals surface area contributed by atoms with Gasteiger partial charge < -0.3 is 4.90 Å². The number of nitrogens with zero attached hydrogens (tertiary/aromatic N) is 4. The van der Waals surface area contributed by atoms with Crippen molar-refractivity contribution in [2.75, 3.05) is 13.1 Å². The first-order valence-corrected chi connectivity index (χ1v) is 8.50. The van der Waals surface area contributed by atoms with Crippen LogP contribution in [0.3, 0.4) is 0 Å². The van der Waals surface area contributed by atoms with Gasteiger partial charge in [-0.1, -0.05) is 0 Å². The molecule has 0 bridgehead atoms. The quantitative estimate of drug-likeness (QED) is 0.844. The van der Waals surface area contributed by atoms with E-state index in [2.05, 4.69) is 10.1 Å². The molecule has 6 nitrogen and oxygen atoms in total. The molecule has 1 aliphatic heterocycles. The van der Waals surface area contributed by atoms with Crippen LogP contribution in [-0.4, -0.2) is 38.7 Å². The minimum absolute atomic E-state index is 0.145. The van der Waals surface area contributed by atoms with Crippen molar-refractivity contribution in [3.63, 3.8) is 0 Å². The van der Waals surface area contributed by atoms with Crippen molar-refractivity contribution in [1.82, 2.24) is 19.7 Å². The molecule has 0 aliphatic carbocycles. The Balaban J connectivity index is 1.60. The minimum Gasteiger partial charge on any atom is -0.343 e. The number of carbonyl (C=O) groups is 1. The van der Waals surface area contributed by atoms with Crippen molar-refractivity contribution in [3.05, 3.63) is 47.0 Å². The Bertz CT molecular complexity index is 736. The molecule has 0 radical (unpaired) electrons. The summed E-state index contributed by atoms with van der Waals surface area (Å²) in [5, 5.41) is 4.39. The molecule has 0 unspecified atom stereocenters. The zero-order chi connectivity index (χ0) is 16.8. The standard InChI is InChI=1S/C18H22N4O2/c23-17(21-11-2-1-3-12-21)7-5-13-22-18(24)9-8-16(20-22)15-6-4-10-19-14-15/h4,6,8-10,14H,1-3,5,7,11-13H2. The summed E-state index contributed by atoms with van der Waals surface area (Å²) in [7, 11) is 0. The number of carbonyl (C=O) groups excluding carboxylic acids is 1. The van der Waals surface area contributed by atoms with Crippen LogP contribution in [0, 0.1) is 0 Å². The van der Waals surface area contributed by atoms with Gasteiger partial charge in [0, 0.05) is 50.1 Å². The van der Waals surface area contributed by atoms with Gasteiger partial charge in [0.05, 0.1) is 5.69 Å². The molecule has 0 aromatic carbocycles. The number of piperidine rings is 1. The fourth-order valence-corrected chi connectivity index (χ4v) is 2.96. The fraction of sp³-hybridized carbons (Fsp3) is 0.444. The van der Waals surface area contributed by atoms with Gasteiger partial charge in [-0.2, -0.15) is 5.10 Å². The lowest BCUT2D eigenvalue weighted by atomic mass is 10.1. The molecule has 1 amide bonds. The van der Waals surface area contributed by atoms with Crippen molar-refractivity contribution in [1.29, 1.82) is 0 Å². The van der Waals surface area contributed by atoms with E-state index in [0.29, 0.717) is 25.1 Å². The van der Waals surface area contributed by atoms with Crippen molar-refractivity contribution in [3.8, 4) is 11.3 Å². The van der Waals surface area contributed by atoms with Crippen LogP contribution in [0.4, 0.5) is 0 Å². The predicted octanol–water partition coefficient (Wildman–Crippen LogP) is 2.10. The van der Waals surface area contributed by atoms with E-state index in [-0.39, 0.29) is 11.5 Å². The third-order valence-corrected chi connectivity index (χ3v) is 4.29. The molecular weight excluding hydrogens is 304 g/mol. The molecule has 1 fully saturated rings. The normalized spacial score (nSPS) is 14.6. The first-order valence-electron chi connectivity index (χ1n) is 8.50. The first-order chi connectivity index (χ1) is 11.7. The van der Waals surface area contributed by atoms with Crippen LogP contribution in [0.5, 0.6) is 0 Å². The van der Waals surface area contributed by atoms with E-state index in [4.69, 9.17) is 0 Å². The van der Waals surface area contributed by atoms with Crippen LogP contribution in [-0.2, 0) is 11.3 Å². The highest BCUT2D eigenvalue weighted by molar-refractivity contribution is 5.76. The average Bonchev–Trinajstić information content (AvgIpc) is 2.64. The number of likely N-dealkylation sites (tertiary alicyclic amines) is 1. The van der Waals surface area contributed by atoms with Gasteiger partial charge in [0.15, 0.2) is 0 Å². The fourth-order valence-electron chi connectivity index (χ4n) is 2.96. The van der Waals surface area contributed by atoms with Gasteiger partial charge >= 0.3 is 0 Å².